The molecule has 2 unspecified atom stereocenters. The second-order valence-electron chi connectivity index (χ2n) is 6.87. The first kappa shape index (κ1) is 12.9. The molecule has 4 fully saturated rings. The number of hydrogen-bond acceptors (Lipinski definition) is 3. The minimum absolute atomic E-state index is 0.0151. The Morgan fingerprint density at radius 1 is 1.16 bits per heavy atom. The van der Waals surface area contributed by atoms with Crippen molar-refractivity contribution < 1.29 is 14.7 Å². The molecule has 4 aliphatic rings. The fraction of sp³-hybridized carbons (Fsp3) is 0.857. The van der Waals surface area contributed by atoms with E-state index in [2.05, 4.69) is 5.32 Å². The van der Waals surface area contributed by atoms with Crippen LogP contribution in [0.1, 0.15) is 38.5 Å². The Balaban J connectivity index is 1.87. The number of hydrogen-bond donors (Lipinski definition) is 3. The summed E-state index contributed by atoms with van der Waals surface area (Å²) in [6.45, 7) is 0.245. The van der Waals surface area contributed by atoms with Crippen molar-refractivity contribution in [2.75, 3.05) is 13.2 Å². The molecule has 4 saturated carbocycles. The summed E-state index contributed by atoms with van der Waals surface area (Å²) in [5.74, 6) is 0.726. The van der Waals surface area contributed by atoms with Crippen molar-refractivity contribution in [1.29, 1.82) is 0 Å². The number of carbonyl (C=O) groups excluding carboxylic acids is 2. The largest absolute Gasteiger partial charge is 0.395 e. The molecule has 0 saturated heterocycles. The van der Waals surface area contributed by atoms with Crippen molar-refractivity contribution in [2.45, 2.75) is 38.5 Å². The summed E-state index contributed by atoms with van der Waals surface area (Å²) < 4.78 is 0. The van der Waals surface area contributed by atoms with Crippen LogP contribution in [0.5, 0.6) is 0 Å². The Bertz CT molecular complexity index is 407. The predicted octanol–water partition coefficient (Wildman–Crippen LogP) is 0.167. The van der Waals surface area contributed by atoms with Crippen LogP contribution in [0.25, 0.3) is 0 Å². The molecule has 0 aromatic heterocycles. The maximum Gasteiger partial charge on any atom is 0.226 e. The van der Waals surface area contributed by atoms with Crippen LogP contribution in [0, 0.1) is 22.7 Å². The molecule has 0 aliphatic heterocycles. The fourth-order valence-electron chi connectivity index (χ4n) is 5.17. The molecule has 0 radical (unpaired) electrons. The van der Waals surface area contributed by atoms with Gasteiger partial charge in [-0.05, 0) is 50.4 Å². The Hall–Kier alpha value is -1.10. The molecular formula is C14H22N2O3. The molecule has 4 N–H and O–H groups in total. The zero-order valence-electron chi connectivity index (χ0n) is 11.2. The minimum atomic E-state index is -0.444. The summed E-state index contributed by atoms with van der Waals surface area (Å²) in [5.41, 5.74) is 4.79. The van der Waals surface area contributed by atoms with E-state index in [-0.39, 0.29) is 18.4 Å². The molecule has 5 nitrogen and oxygen atoms in total. The number of nitrogens with two attached hydrogens (primary N) is 1. The smallest absolute Gasteiger partial charge is 0.226 e. The molecule has 4 aliphatic carbocycles. The highest BCUT2D eigenvalue weighted by Gasteiger charge is 2.62. The molecule has 5 heteroatoms. The van der Waals surface area contributed by atoms with Crippen molar-refractivity contribution in [3.63, 3.8) is 0 Å². The zero-order valence-corrected chi connectivity index (χ0v) is 11.2. The van der Waals surface area contributed by atoms with Gasteiger partial charge in [-0.1, -0.05) is 0 Å². The molecular weight excluding hydrogens is 244 g/mol. The summed E-state index contributed by atoms with van der Waals surface area (Å²) in [6.07, 6.45) is 5.26. The highest BCUT2D eigenvalue weighted by molar-refractivity contribution is 5.87. The van der Waals surface area contributed by atoms with E-state index < -0.39 is 10.8 Å². The lowest BCUT2D eigenvalue weighted by Gasteiger charge is -2.60. The first-order valence-electron chi connectivity index (χ1n) is 7.19. The SMILES string of the molecule is NC(=O)C12CC3CC(C1)CC(C(=O)NCCO)(C3)C2. The number of carbonyl (C=O) groups is 2. The molecule has 19 heavy (non-hydrogen) atoms. The van der Waals surface area contributed by atoms with Gasteiger partial charge in [0.2, 0.25) is 11.8 Å². The van der Waals surface area contributed by atoms with Crippen LogP contribution < -0.4 is 11.1 Å². The van der Waals surface area contributed by atoms with Gasteiger partial charge in [-0.15, -0.1) is 0 Å². The first-order chi connectivity index (χ1) is 9.00. The summed E-state index contributed by atoms with van der Waals surface area (Å²) in [5, 5.41) is 11.7. The van der Waals surface area contributed by atoms with Crippen LogP contribution in [0.2, 0.25) is 0 Å². The van der Waals surface area contributed by atoms with E-state index >= 15 is 0 Å². The van der Waals surface area contributed by atoms with Gasteiger partial charge in [0, 0.05) is 6.54 Å². The molecule has 2 atom stereocenters. The van der Waals surface area contributed by atoms with Gasteiger partial charge in [0.25, 0.3) is 0 Å². The molecule has 0 heterocycles. The predicted molar refractivity (Wildman–Crippen MR) is 68.8 cm³/mol. The van der Waals surface area contributed by atoms with Crippen LogP contribution in [0.4, 0.5) is 0 Å². The van der Waals surface area contributed by atoms with Crippen molar-refractivity contribution in [2.24, 2.45) is 28.4 Å². The van der Waals surface area contributed by atoms with Crippen molar-refractivity contribution >= 4 is 11.8 Å². The highest BCUT2D eigenvalue weighted by Crippen LogP contribution is 2.65. The second kappa shape index (κ2) is 4.20. The number of amides is 2. The van der Waals surface area contributed by atoms with Gasteiger partial charge in [0.05, 0.1) is 17.4 Å². The van der Waals surface area contributed by atoms with Gasteiger partial charge in [0.1, 0.15) is 0 Å². The van der Waals surface area contributed by atoms with Crippen molar-refractivity contribution in [1.82, 2.24) is 5.32 Å². The lowest BCUT2D eigenvalue weighted by atomic mass is 9.43. The molecule has 4 rings (SSSR count). The Morgan fingerprint density at radius 2 is 1.74 bits per heavy atom. The summed E-state index contributed by atoms with van der Waals surface area (Å²) in [6, 6.07) is 0. The highest BCUT2D eigenvalue weighted by atomic mass is 16.3. The number of nitrogens with one attached hydrogen (secondary N) is 1. The molecule has 0 aromatic rings. The van der Waals surface area contributed by atoms with Crippen molar-refractivity contribution in [3.05, 3.63) is 0 Å². The molecule has 4 bridgehead atoms. The van der Waals surface area contributed by atoms with E-state index in [0.717, 1.165) is 32.1 Å². The first-order valence-corrected chi connectivity index (χ1v) is 7.19. The molecule has 106 valence electrons. The number of aliphatic hydroxyl groups is 1. The van der Waals surface area contributed by atoms with Crippen molar-refractivity contribution in [3.8, 4) is 0 Å². The van der Waals surface area contributed by atoms with Gasteiger partial charge in [0.15, 0.2) is 0 Å². The van der Waals surface area contributed by atoms with Crippen LogP contribution in [0.3, 0.4) is 0 Å². The minimum Gasteiger partial charge on any atom is -0.395 e. The van der Waals surface area contributed by atoms with E-state index in [1.54, 1.807) is 0 Å². The number of primary amides is 1. The van der Waals surface area contributed by atoms with Gasteiger partial charge >= 0.3 is 0 Å². The zero-order chi connectivity index (χ0) is 13.7. The maximum absolute atomic E-state index is 12.4. The Labute approximate surface area is 112 Å². The third-order valence-corrected chi connectivity index (χ3v) is 5.46. The van der Waals surface area contributed by atoms with E-state index in [0.29, 0.717) is 24.8 Å². The van der Waals surface area contributed by atoms with E-state index in [4.69, 9.17) is 10.8 Å². The lowest BCUT2D eigenvalue weighted by molar-refractivity contribution is -0.165. The molecule has 0 aromatic carbocycles. The Morgan fingerprint density at radius 3 is 2.26 bits per heavy atom. The van der Waals surface area contributed by atoms with Gasteiger partial charge in [-0.3, -0.25) is 9.59 Å². The van der Waals surface area contributed by atoms with Crippen LogP contribution in [0.15, 0.2) is 0 Å². The summed E-state index contributed by atoms with van der Waals surface area (Å²) >= 11 is 0. The van der Waals surface area contributed by atoms with Gasteiger partial charge < -0.3 is 16.2 Å². The average molecular weight is 266 g/mol. The molecule has 0 spiro atoms. The lowest BCUT2D eigenvalue weighted by Crippen LogP contribution is -2.60. The maximum atomic E-state index is 12.4. The van der Waals surface area contributed by atoms with E-state index in [1.165, 1.54) is 0 Å². The summed E-state index contributed by atoms with van der Waals surface area (Å²) in [7, 11) is 0. The third kappa shape index (κ3) is 1.86. The monoisotopic (exact) mass is 266 g/mol. The van der Waals surface area contributed by atoms with Crippen LogP contribution >= 0.6 is 0 Å². The second-order valence-corrected chi connectivity index (χ2v) is 6.87. The molecule has 2 amide bonds. The number of rotatable bonds is 4. The van der Waals surface area contributed by atoms with E-state index in [9.17, 15) is 9.59 Å². The third-order valence-electron chi connectivity index (χ3n) is 5.46. The quantitative estimate of drug-likeness (QED) is 0.677. The topological polar surface area (TPSA) is 92.4 Å². The summed E-state index contributed by atoms with van der Waals surface area (Å²) in [4.78, 5) is 24.3. The Kier molecular flexibility index (Phi) is 2.85. The normalized spacial score (nSPS) is 43.2. The van der Waals surface area contributed by atoms with Crippen LogP contribution in [-0.2, 0) is 9.59 Å². The number of aliphatic hydroxyl groups excluding tert-OH is 1. The standard InChI is InChI=1S/C14H22N2O3/c15-11(18)13-4-9-3-10(5-13)7-14(6-9,8-13)12(19)16-1-2-17/h9-10,17H,1-8H2,(H2,15,18)(H,16,19). The average Bonchev–Trinajstić information content (AvgIpc) is 2.34. The van der Waals surface area contributed by atoms with E-state index in [1.807, 2.05) is 0 Å². The van der Waals surface area contributed by atoms with Crippen LogP contribution in [-0.4, -0.2) is 30.1 Å². The fourth-order valence-corrected chi connectivity index (χ4v) is 5.17. The van der Waals surface area contributed by atoms with Gasteiger partial charge in [-0.2, -0.15) is 0 Å². The van der Waals surface area contributed by atoms with Gasteiger partial charge in [-0.25, -0.2) is 0 Å².